The van der Waals surface area contributed by atoms with Crippen molar-refractivity contribution in [1.82, 2.24) is 0 Å². The van der Waals surface area contributed by atoms with E-state index in [1.807, 2.05) is 0 Å². The Morgan fingerprint density at radius 2 is 0.218 bits per heavy atom. The minimum atomic E-state index is -4.15. The molecule has 10 aromatic carbocycles. The van der Waals surface area contributed by atoms with E-state index in [4.69, 9.17) is 0 Å². The van der Waals surface area contributed by atoms with Crippen molar-refractivity contribution < 1.29 is 176 Å². The fourth-order valence-electron chi connectivity index (χ4n) is 10.4. The summed E-state index contributed by atoms with van der Waals surface area (Å²) < 4.78 is 630. The van der Waals surface area contributed by atoms with Crippen molar-refractivity contribution in [3.05, 3.63) is 244 Å². The molecular weight excluding hydrogens is 1490 g/mol. The summed E-state index contributed by atoms with van der Waals surface area (Å²) in [6.45, 7) is -0.00868. The summed E-state index contributed by atoms with van der Waals surface area (Å²) in [5.74, 6) is -143. The molecule has 0 bridgehead atoms. The zero-order chi connectivity index (χ0) is 75.8. The number of halogens is 40. The Bertz CT molecular complexity index is 4920. The van der Waals surface area contributed by atoms with Gasteiger partial charge in [-0.05, 0) is 18.6 Å². The highest BCUT2D eigenvalue weighted by Gasteiger charge is 2.45. The van der Waals surface area contributed by atoms with Crippen molar-refractivity contribution in [3.63, 3.8) is 0 Å². The van der Waals surface area contributed by atoms with Crippen LogP contribution in [0.1, 0.15) is 5.56 Å². The molecule has 0 aromatic heterocycles. The van der Waals surface area contributed by atoms with Crippen molar-refractivity contribution in [1.29, 1.82) is 0 Å². The molecule has 10 aromatic rings. The molecule has 0 heterocycles. The van der Waals surface area contributed by atoms with Gasteiger partial charge in [-0.15, -0.1) is 0 Å². The van der Waals surface area contributed by atoms with Gasteiger partial charge >= 0.3 is 0 Å². The first-order valence-corrected chi connectivity index (χ1v) is 25.4. The number of rotatable bonds is 9. The molecule has 10 rings (SSSR count). The second-order valence-corrected chi connectivity index (χ2v) is 20.2. The summed E-state index contributed by atoms with van der Waals surface area (Å²) in [6.07, 6.45) is 0. The molecule has 0 nitrogen and oxygen atoms in total. The Labute approximate surface area is 526 Å². The second-order valence-electron chi connectivity index (χ2n) is 20.2. The lowest BCUT2D eigenvalue weighted by molar-refractivity contribution is 0.379. The van der Waals surface area contributed by atoms with Crippen molar-refractivity contribution in [2.75, 3.05) is 0 Å². The van der Waals surface area contributed by atoms with Crippen LogP contribution in [0.5, 0.6) is 0 Å². The van der Waals surface area contributed by atoms with E-state index in [9.17, 15) is 52.7 Å². The predicted octanol–water partition coefficient (Wildman–Crippen LogP) is 22.6. The molecule has 528 valence electrons. The lowest BCUT2D eigenvalue weighted by atomic mass is 9.85. The molecule has 0 spiro atoms. The van der Waals surface area contributed by atoms with Gasteiger partial charge in [0.1, 0.15) is 29.1 Å². The van der Waals surface area contributed by atoms with Crippen LogP contribution in [0.15, 0.2) is 6.07 Å². The van der Waals surface area contributed by atoms with Gasteiger partial charge in [0.15, 0.2) is 186 Å². The zero-order valence-electron chi connectivity index (χ0n) is 46.2. The molecule has 0 atom stereocenters. The molecule has 0 N–H and O–H groups in total. The van der Waals surface area contributed by atoms with Crippen LogP contribution in [0, 0.1) is 240 Å². The fraction of sp³-hybridized carbons (Fsp3) is 0.0164. The molecular formula is C61H4F40. The molecule has 101 heavy (non-hydrogen) atoms. The lowest BCUT2D eigenvalue weighted by Crippen LogP contribution is -2.14. The highest BCUT2D eigenvalue weighted by Crippen LogP contribution is 2.54. The van der Waals surface area contributed by atoms with Crippen molar-refractivity contribution >= 4 is 0 Å². The molecule has 0 saturated carbocycles. The standard InChI is InChI=1S/C61H4F40/c1-3-6(28(68)52(92)51(91)22(3)62)9-33(73)39(79)14(40(80)34(9)74)12-25(65)11(26(66)13(27(12)67)15-41(81)43(83)18(44(84)42(15)82)21-49(89)57(97)61(101)58(98)50(21)90)10-23(63)4(7-29(69)35(75)16(36(76)30(7)70)19-45(85)53(93)59(99)54(94)46(19)86)2-5(24(10)64)8-31(71)37(77)17(38(78)32(8)72)20-47(87)55(95)60(100)56(96)48(20)88/h2H,1H3. The molecule has 0 amide bonds. The quantitative estimate of drug-likeness (QED) is 0.0768. The van der Waals surface area contributed by atoms with Gasteiger partial charge in [0.05, 0.1) is 83.5 Å². The summed E-state index contributed by atoms with van der Waals surface area (Å²) in [5, 5.41) is 0. The molecule has 0 aliphatic heterocycles. The minimum Gasteiger partial charge on any atom is -0.206 e. The van der Waals surface area contributed by atoms with Crippen LogP contribution in [0.3, 0.4) is 0 Å². The maximum atomic E-state index is 17.9. The van der Waals surface area contributed by atoms with E-state index in [0.717, 1.165) is 0 Å². The Morgan fingerprint density at radius 3 is 0.406 bits per heavy atom. The van der Waals surface area contributed by atoms with E-state index in [-0.39, 0.29) is 6.92 Å². The van der Waals surface area contributed by atoms with Crippen molar-refractivity contribution in [2.24, 2.45) is 0 Å². The molecule has 0 fully saturated rings. The van der Waals surface area contributed by atoms with E-state index in [1.54, 1.807) is 0 Å². The molecule has 40 heteroatoms. The SMILES string of the molecule is Cc1c(F)c(F)c(F)c(F)c1-c1c(F)c(F)c(-c2c(F)c(-c3c(F)c(-c4c(F)c(F)c(-c5c(F)c(F)c(F)c(F)c5F)c(F)c4F)cc(-c4c(F)c(F)c(-c5c(F)c(F)c(F)c(F)c5F)c(F)c4F)c3F)c(F)c(-c3c(F)c(F)c(-c4c(F)c(F)c(F)c(F)c4F)c(F)c3F)c2F)c(F)c1F. The number of hydrogen-bond donors (Lipinski definition) is 0. The van der Waals surface area contributed by atoms with Crippen LogP contribution in [0.4, 0.5) is 176 Å². The normalized spacial score (nSPS) is 11.8. The van der Waals surface area contributed by atoms with E-state index < -0.39 is 344 Å². The fourth-order valence-corrected chi connectivity index (χ4v) is 10.4. The van der Waals surface area contributed by atoms with Gasteiger partial charge in [-0.25, -0.2) is 176 Å². The molecule has 0 saturated heterocycles. The third-order valence-electron chi connectivity index (χ3n) is 15.0. The van der Waals surface area contributed by atoms with Gasteiger partial charge in [0.25, 0.3) is 0 Å². The van der Waals surface area contributed by atoms with Gasteiger partial charge in [0, 0.05) is 16.7 Å². The largest absolute Gasteiger partial charge is 0.206 e. The molecule has 0 unspecified atom stereocenters. The van der Waals surface area contributed by atoms with Crippen LogP contribution in [0.25, 0.3) is 100 Å². The van der Waals surface area contributed by atoms with Gasteiger partial charge < -0.3 is 0 Å². The van der Waals surface area contributed by atoms with E-state index in [0.29, 0.717) is 0 Å². The topological polar surface area (TPSA) is 0 Å². The second kappa shape index (κ2) is 24.9. The Balaban J connectivity index is 1.46. The first kappa shape index (κ1) is 73.1. The first-order valence-electron chi connectivity index (χ1n) is 25.4. The molecule has 0 aliphatic rings. The number of benzene rings is 10. The molecule has 0 radical (unpaired) electrons. The van der Waals surface area contributed by atoms with E-state index in [1.165, 1.54) is 0 Å². The van der Waals surface area contributed by atoms with Crippen LogP contribution in [0.2, 0.25) is 0 Å². The van der Waals surface area contributed by atoms with Crippen molar-refractivity contribution in [2.45, 2.75) is 6.92 Å². The Morgan fingerprint density at radius 1 is 0.109 bits per heavy atom. The molecule has 0 aliphatic carbocycles. The predicted molar refractivity (Wildman–Crippen MR) is 258 cm³/mol. The van der Waals surface area contributed by atoms with Crippen LogP contribution in [-0.2, 0) is 0 Å². The van der Waals surface area contributed by atoms with Gasteiger partial charge in [-0.2, -0.15) is 0 Å². The van der Waals surface area contributed by atoms with E-state index in [2.05, 4.69) is 0 Å². The van der Waals surface area contributed by atoms with Crippen molar-refractivity contribution in [3.8, 4) is 100 Å². The Kier molecular flexibility index (Phi) is 18.1. The van der Waals surface area contributed by atoms with Crippen LogP contribution in [-0.4, -0.2) is 0 Å². The number of hydrogen-bond acceptors (Lipinski definition) is 0. The average molecular weight is 1500 g/mol. The highest BCUT2D eigenvalue weighted by atomic mass is 19.2. The highest BCUT2D eigenvalue weighted by molar-refractivity contribution is 5.91. The zero-order valence-corrected chi connectivity index (χ0v) is 46.2. The third-order valence-corrected chi connectivity index (χ3v) is 15.0. The summed E-state index contributed by atoms with van der Waals surface area (Å²) in [7, 11) is 0. The third kappa shape index (κ3) is 9.99. The summed E-state index contributed by atoms with van der Waals surface area (Å²) >= 11 is 0. The maximum absolute atomic E-state index is 17.9. The minimum absolute atomic E-state index is 0.00868. The maximum Gasteiger partial charge on any atom is 0.200 e. The average Bonchev–Trinajstić information content (AvgIpc) is 0.710. The Hall–Kier alpha value is -10.6. The van der Waals surface area contributed by atoms with E-state index >= 15 is 123 Å². The van der Waals surface area contributed by atoms with Gasteiger partial charge in [-0.1, -0.05) is 0 Å². The summed E-state index contributed by atoms with van der Waals surface area (Å²) in [5.41, 5.74) is -62.6. The summed E-state index contributed by atoms with van der Waals surface area (Å²) in [6, 6.07) is -1.35. The summed E-state index contributed by atoms with van der Waals surface area (Å²) in [4.78, 5) is 0. The van der Waals surface area contributed by atoms with Crippen LogP contribution < -0.4 is 0 Å². The van der Waals surface area contributed by atoms with Crippen LogP contribution >= 0.6 is 0 Å². The first-order chi connectivity index (χ1) is 46.8. The van der Waals surface area contributed by atoms with Gasteiger partial charge in [0.2, 0.25) is 17.5 Å². The lowest BCUT2D eigenvalue weighted by Gasteiger charge is -2.23. The van der Waals surface area contributed by atoms with Gasteiger partial charge in [-0.3, -0.25) is 0 Å². The monoisotopic (exact) mass is 1500 g/mol. The smallest absolute Gasteiger partial charge is 0.200 e.